The van der Waals surface area contributed by atoms with Gasteiger partial charge in [-0.25, -0.2) is 9.89 Å². The molecule has 2 amide bonds. The molecule has 8 heteroatoms. The molecule has 2 aliphatic heterocycles. The second-order valence-corrected chi connectivity index (χ2v) is 5.88. The van der Waals surface area contributed by atoms with Crippen LogP contribution in [0.5, 0.6) is 0 Å². The Morgan fingerprint density at radius 3 is 2.86 bits per heavy atom. The molecule has 1 aromatic rings. The van der Waals surface area contributed by atoms with Gasteiger partial charge >= 0.3 is 6.09 Å². The molecule has 118 valence electrons. The summed E-state index contributed by atoms with van der Waals surface area (Å²) in [6.07, 6.45) is 1.13. The number of aromatic nitrogens is 2. The molecule has 0 aromatic carbocycles. The Morgan fingerprint density at radius 1 is 1.41 bits per heavy atom. The average molecular weight is 306 g/mol. The van der Waals surface area contributed by atoms with Gasteiger partial charge in [-0.05, 0) is 6.07 Å². The maximum Gasteiger partial charge on any atom is 0.410 e. The van der Waals surface area contributed by atoms with Crippen LogP contribution in [0.3, 0.4) is 0 Å². The number of rotatable bonds is 3. The van der Waals surface area contributed by atoms with Crippen molar-refractivity contribution in [2.45, 2.75) is 24.9 Å². The van der Waals surface area contributed by atoms with Gasteiger partial charge in [0, 0.05) is 38.9 Å². The van der Waals surface area contributed by atoms with E-state index in [-0.39, 0.29) is 17.6 Å². The van der Waals surface area contributed by atoms with Crippen LogP contribution in [0.4, 0.5) is 4.79 Å². The van der Waals surface area contributed by atoms with Gasteiger partial charge in [0.1, 0.15) is 0 Å². The van der Waals surface area contributed by atoms with Crippen LogP contribution >= 0.6 is 0 Å². The fourth-order valence-electron chi connectivity index (χ4n) is 2.97. The molecule has 1 aromatic heterocycles. The first-order chi connectivity index (χ1) is 10.5. The van der Waals surface area contributed by atoms with E-state index < -0.39 is 5.60 Å². The lowest BCUT2D eigenvalue weighted by atomic mass is 10.0. The number of H-pyrrole nitrogens is 1. The van der Waals surface area contributed by atoms with Gasteiger partial charge in [-0.2, -0.15) is 5.10 Å². The highest BCUT2D eigenvalue weighted by Crippen LogP contribution is 2.31. The number of hydrogen-bond acceptors (Lipinski definition) is 5. The predicted octanol–water partition coefficient (Wildman–Crippen LogP) is -0.244. The van der Waals surface area contributed by atoms with E-state index in [1.54, 1.807) is 18.0 Å². The Bertz CT molecular complexity index is 638. The standard InChI is InChI=1S/C14H18N4O4/c1-17-8-14(22-13(17)21)6-7-18(9-14)12(20)5-3-10-2-4-11(19)16-15-10/h2,4H,3,5-9H2,1H3,(H,16,19)/t14-/m0/s1. The number of likely N-dealkylation sites (N-methyl/N-ethyl adjacent to an activating group) is 1. The lowest BCUT2D eigenvalue weighted by molar-refractivity contribution is -0.130. The van der Waals surface area contributed by atoms with E-state index in [0.717, 1.165) is 0 Å². The molecule has 22 heavy (non-hydrogen) atoms. The third-order valence-corrected chi connectivity index (χ3v) is 4.14. The van der Waals surface area contributed by atoms with Gasteiger partial charge in [0.15, 0.2) is 5.60 Å². The van der Waals surface area contributed by atoms with Crippen molar-refractivity contribution in [2.75, 3.05) is 26.7 Å². The van der Waals surface area contributed by atoms with Crippen molar-refractivity contribution < 1.29 is 14.3 Å². The van der Waals surface area contributed by atoms with Crippen LogP contribution in [0.15, 0.2) is 16.9 Å². The smallest absolute Gasteiger partial charge is 0.410 e. The van der Waals surface area contributed by atoms with Gasteiger partial charge in [0.25, 0.3) is 5.56 Å². The van der Waals surface area contributed by atoms with Crippen molar-refractivity contribution >= 4 is 12.0 Å². The summed E-state index contributed by atoms with van der Waals surface area (Å²) in [5, 5.41) is 6.23. The van der Waals surface area contributed by atoms with Crippen molar-refractivity contribution in [3.8, 4) is 0 Å². The first-order valence-corrected chi connectivity index (χ1v) is 7.24. The molecule has 0 unspecified atom stereocenters. The monoisotopic (exact) mass is 306 g/mol. The van der Waals surface area contributed by atoms with Crippen molar-refractivity contribution in [1.29, 1.82) is 0 Å². The lowest BCUT2D eigenvalue weighted by Gasteiger charge is -2.21. The first-order valence-electron chi connectivity index (χ1n) is 7.24. The molecular weight excluding hydrogens is 288 g/mol. The normalized spacial score (nSPS) is 24.1. The van der Waals surface area contributed by atoms with Gasteiger partial charge < -0.3 is 14.5 Å². The number of hydrogen-bond donors (Lipinski definition) is 1. The summed E-state index contributed by atoms with van der Waals surface area (Å²) in [6, 6.07) is 3.01. The number of ether oxygens (including phenoxy) is 1. The number of amides is 2. The van der Waals surface area contributed by atoms with E-state index in [2.05, 4.69) is 10.2 Å². The van der Waals surface area contributed by atoms with Crippen molar-refractivity contribution in [2.24, 2.45) is 0 Å². The van der Waals surface area contributed by atoms with Gasteiger partial charge in [-0.1, -0.05) is 0 Å². The Hall–Kier alpha value is -2.38. The molecule has 0 saturated carbocycles. The molecular formula is C14H18N4O4. The molecule has 1 atom stereocenters. The van der Waals surface area contributed by atoms with Crippen LogP contribution in [0.1, 0.15) is 18.5 Å². The second kappa shape index (κ2) is 5.43. The van der Waals surface area contributed by atoms with Gasteiger partial charge in [-0.3, -0.25) is 9.59 Å². The van der Waals surface area contributed by atoms with Crippen LogP contribution in [0.2, 0.25) is 0 Å². The maximum atomic E-state index is 12.3. The molecule has 1 spiro atoms. The highest BCUT2D eigenvalue weighted by molar-refractivity contribution is 5.77. The molecule has 8 nitrogen and oxygen atoms in total. The van der Waals surface area contributed by atoms with Gasteiger partial charge in [0.05, 0.1) is 18.8 Å². The molecule has 0 radical (unpaired) electrons. The van der Waals surface area contributed by atoms with E-state index >= 15 is 0 Å². The molecule has 1 N–H and O–H groups in total. The van der Waals surface area contributed by atoms with Crippen LogP contribution in [-0.4, -0.2) is 64.3 Å². The summed E-state index contributed by atoms with van der Waals surface area (Å²) in [5.41, 5.74) is -0.129. The largest absolute Gasteiger partial charge is 0.439 e. The van der Waals surface area contributed by atoms with Crippen molar-refractivity contribution in [1.82, 2.24) is 20.0 Å². The van der Waals surface area contributed by atoms with E-state index in [9.17, 15) is 14.4 Å². The topological polar surface area (TPSA) is 95.6 Å². The number of aromatic amines is 1. The van der Waals surface area contributed by atoms with Crippen LogP contribution in [0.25, 0.3) is 0 Å². The van der Waals surface area contributed by atoms with E-state index in [1.807, 2.05) is 0 Å². The number of likely N-dealkylation sites (tertiary alicyclic amines) is 1. The van der Waals surface area contributed by atoms with E-state index in [4.69, 9.17) is 4.74 Å². The van der Waals surface area contributed by atoms with E-state index in [0.29, 0.717) is 44.6 Å². The number of aryl methyl sites for hydroxylation is 1. The summed E-state index contributed by atoms with van der Waals surface area (Å²) in [4.78, 5) is 38.0. The molecule has 2 saturated heterocycles. The maximum absolute atomic E-state index is 12.3. The highest BCUT2D eigenvalue weighted by atomic mass is 16.6. The van der Waals surface area contributed by atoms with Gasteiger partial charge in [-0.15, -0.1) is 0 Å². The Labute approximate surface area is 127 Å². The van der Waals surface area contributed by atoms with Gasteiger partial charge in [0.2, 0.25) is 5.91 Å². The molecule has 3 heterocycles. The zero-order chi connectivity index (χ0) is 15.7. The summed E-state index contributed by atoms with van der Waals surface area (Å²) in [7, 11) is 1.70. The van der Waals surface area contributed by atoms with Crippen molar-refractivity contribution in [3.63, 3.8) is 0 Å². The molecule has 0 aliphatic carbocycles. The number of nitrogens with zero attached hydrogens (tertiary/aromatic N) is 3. The van der Waals surface area contributed by atoms with E-state index in [1.165, 1.54) is 11.0 Å². The fraction of sp³-hybridized carbons (Fsp3) is 0.571. The summed E-state index contributed by atoms with van der Waals surface area (Å²) in [6.45, 7) is 1.57. The Kier molecular flexibility index (Phi) is 3.59. The molecule has 2 fully saturated rings. The number of nitrogens with one attached hydrogen (secondary N) is 1. The average Bonchev–Trinajstić information content (AvgIpc) is 3.02. The van der Waals surface area contributed by atoms with Crippen LogP contribution in [0, 0.1) is 0 Å². The SMILES string of the molecule is CN1C[C@]2(CCN(C(=O)CCc3ccc(=O)[nH]n3)C2)OC1=O. The lowest BCUT2D eigenvalue weighted by Crippen LogP contribution is -2.39. The number of carbonyl (C=O) groups excluding carboxylic acids is 2. The molecule has 2 aliphatic rings. The first kappa shape index (κ1) is 14.6. The zero-order valence-electron chi connectivity index (χ0n) is 12.4. The minimum atomic E-state index is -0.544. The Balaban J connectivity index is 1.55. The molecule has 3 rings (SSSR count). The quantitative estimate of drug-likeness (QED) is 0.831. The summed E-state index contributed by atoms with van der Waals surface area (Å²) >= 11 is 0. The highest BCUT2D eigenvalue weighted by Gasteiger charge is 2.49. The van der Waals surface area contributed by atoms with Crippen LogP contribution in [-0.2, 0) is 16.0 Å². The predicted molar refractivity (Wildman–Crippen MR) is 76.2 cm³/mol. The summed E-state index contributed by atoms with van der Waals surface area (Å²) < 4.78 is 5.42. The minimum absolute atomic E-state index is 0.00970. The molecule has 0 bridgehead atoms. The fourth-order valence-corrected chi connectivity index (χ4v) is 2.97. The number of carbonyl (C=O) groups is 2. The van der Waals surface area contributed by atoms with Crippen LogP contribution < -0.4 is 5.56 Å². The minimum Gasteiger partial charge on any atom is -0.439 e. The summed E-state index contributed by atoms with van der Waals surface area (Å²) in [5.74, 6) is 0.00970. The second-order valence-electron chi connectivity index (χ2n) is 5.88. The Morgan fingerprint density at radius 2 is 2.23 bits per heavy atom. The third kappa shape index (κ3) is 2.81. The zero-order valence-corrected chi connectivity index (χ0v) is 12.4. The third-order valence-electron chi connectivity index (χ3n) is 4.14. The van der Waals surface area contributed by atoms with Crippen molar-refractivity contribution in [3.05, 3.63) is 28.2 Å².